The lowest BCUT2D eigenvalue weighted by atomic mass is 9.67. The number of benzene rings is 12. The minimum atomic E-state index is -0.545. The van der Waals surface area contributed by atoms with E-state index in [4.69, 9.17) is 0 Å². The van der Waals surface area contributed by atoms with Crippen molar-refractivity contribution in [3.63, 3.8) is 0 Å². The molecule has 0 N–H and O–H groups in total. The Bertz CT molecular complexity index is 4500. The van der Waals surface area contributed by atoms with Crippen LogP contribution in [0.25, 0.3) is 83.1 Å². The van der Waals surface area contributed by atoms with Crippen molar-refractivity contribution in [1.82, 2.24) is 4.57 Å². The van der Waals surface area contributed by atoms with E-state index in [0.717, 1.165) is 34.6 Å². The zero-order valence-corrected chi connectivity index (χ0v) is 49.8. The first-order valence-electron chi connectivity index (χ1n) is 31.9. The van der Waals surface area contributed by atoms with E-state index in [1.54, 1.807) is 0 Å². The maximum absolute atomic E-state index is 2.55. The first-order valence-corrected chi connectivity index (χ1v) is 31.9. The van der Waals surface area contributed by atoms with Gasteiger partial charge < -0.3 is 9.47 Å². The summed E-state index contributed by atoms with van der Waals surface area (Å²) in [5.41, 5.74) is 26.5. The van der Waals surface area contributed by atoms with E-state index in [1.165, 1.54) is 163 Å². The van der Waals surface area contributed by atoms with Gasteiger partial charge in [-0.15, -0.1) is 0 Å². The molecule has 2 aliphatic rings. The molecule has 87 heavy (non-hydrogen) atoms. The number of aryl methyl sites for hydroxylation is 1. The van der Waals surface area contributed by atoms with Gasteiger partial charge in [0.1, 0.15) is 0 Å². The van der Waals surface area contributed by atoms with Crippen molar-refractivity contribution in [2.75, 3.05) is 4.90 Å². The van der Waals surface area contributed by atoms with E-state index < -0.39 is 5.41 Å². The second-order valence-electron chi connectivity index (χ2n) is 24.3. The zero-order chi connectivity index (χ0) is 58.1. The van der Waals surface area contributed by atoms with Crippen LogP contribution in [-0.4, -0.2) is 4.57 Å². The van der Waals surface area contributed by atoms with Crippen molar-refractivity contribution in [3.05, 3.63) is 325 Å². The Morgan fingerprint density at radius 1 is 0.379 bits per heavy atom. The van der Waals surface area contributed by atoms with Crippen molar-refractivity contribution in [2.45, 2.75) is 82.5 Å². The van der Waals surface area contributed by atoms with Crippen molar-refractivity contribution < 1.29 is 0 Å². The molecule has 0 aliphatic heterocycles. The number of fused-ring (bicyclic) bond motifs is 6. The Morgan fingerprint density at radius 2 is 0.908 bits per heavy atom. The molecule has 1 aromatic heterocycles. The van der Waals surface area contributed by atoms with Gasteiger partial charge in [-0.1, -0.05) is 264 Å². The summed E-state index contributed by atoms with van der Waals surface area (Å²) in [5, 5.41) is 2.77. The predicted octanol–water partition coefficient (Wildman–Crippen LogP) is 23.5. The number of aromatic nitrogens is 1. The number of hydrogen-bond donors (Lipinski definition) is 0. The third-order valence-electron chi connectivity index (χ3n) is 19.2. The molecular weight excluding hydrogens is 1050 g/mol. The van der Waals surface area contributed by atoms with Crippen LogP contribution in [0, 0.1) is 0 Å². The average Bonchev–Trinajstić information content (AvgIpc) is 1.68. The topological polar surface area (TPSA) is 8.17 Å². The number of anilines is 3. The molecule has 1 fully saturated rings. The first-order chi connectivity index (χ1) is 43.1. The molecule has 15 rings (SSSR count). The zero-order valence-electron chi connectivity index (χ0n) is 49.8. The van der Waals surface area contributed by atoms with Gasteiger partial charge in [-0.2, -0.15) is 0 Å². The van der Waals surface area contributed by atoms with Gasteiger partial charge in [-0.05, 0) is 188 Å². The summed E-state index contributed by atoms with van der Waals surface area (Å²) in [6, 6.07) is 109. The summed E-state index contributed by atoms with van der Waals surface area (Å²) < 4.78 is 2.50. The molecule has 0 radical (unpaired) electrons. The molecule has 12 aromatic carbocycles. The molecule has 0 bridgehead atoms. The summed E-state index contributed by atoms with van der Waals surface area (Å²) in [5.74, 6) is 0.667. The number of hydrogen-bond acceptors (Lipinski definition) is 1. The third kappa shape index (κ3) is 9.98. The van der Waals surface area contributed by atoms with E-state index in [9.17, 15) is 0 Å². The fraction of sp³-hybridized carbons (Fsp3) is 0.153. The molecule has 1 saturated carbocycles. The molecule has 2 heteroatoms. The van der Waals surface area contributed by atoms with E-state index in [2.05, 4.69) is 308 Å². The van der Waals surface area contributed by atoms with Crippen LogP contribution in [0.5, 0.6) is 0 Å². The molecule has 422 valence electrons. The predicted molar refractivity (Wildman–Crippen MR) is 368 cm³/mol. The molecule has 2 nitrogen and oxygen atoms in total. The maximum atomic E-state index is 2.55. The SMILES string of the molecule is CCCCCCc1ccc2c(c1)c1cc(C3CCCCC3)ccc1n2-c1ccc(-c2ccc(-c3ccc(N(c4ccc5c(c4)C(c4ccccc4)(c4ccccc4)c4ccccc4-5)c4ccc(-c5ccccc5)cc4-c4ccccc4)cc3)cc2)cc1. The van der Waals surface area contributed by atoms with Gasteiger partial charge in [0.25, 0.3) is 0 Å². The van der Waals surface area contributed by atoms with Crippen molar-refractivity contribution in [2.24, 2.45) is 0 Å². The average molecular weight is 1120 g/mol. The molecule has 2 aliphatic carbocycles. The van der Waals surface area contributed by atoms with Gasteiger partial charge in [0.05, 0.1) is 22.1 Å². The lowest BCUT2D eigenvalue weighted by Crippen LogP contribution is -2.28. The van der Waals surface area contributed by atoms with E-state index in [1.807, 2.05) is 0 Å². The highest BCUT2D eigenvalue weighted by molar-refractivity contribution is 6.10. The van der Waals surface area contributed by atoms with Gasteiger partial charge >= 0.3 is 0 Å². The number of unbranched alkanes of at least 4 members (excludes halogenated alkanes) is 3. The van der Waals surface area contributed by atoms with Crippen molar-refractivity contribution in [1.29, 1.82) is 0 Å². The Hall–Kier alpha value is -9.76. The summed E-state index contributed by atoms with van der Waals surface area (Å²) >= 11 is 0. The Balaban J connectivity index is 0.791. The highest BCUT2D eigenvalue weighted by atomic mass is 15.1. The normalized spacial score (nSPS) is 13.6. The highest BCUT2D eigenvalue weighted by Crippen LogP contribution is 2.58. The maximum Gasteiger partial charge on any atom is 0.0714 e. The molecule has 1 heterocycles. The molecule has 13 aromatic rings. The smallest absolute Gasteiger partial charge is 0.0714 e. The minimum absolute atomic E-state index is 0.545. The van der Waals surface area contributed by atoms with Crippen molar-refractivity contribution >= 4 is 38.9 Å². The van der Waals surface area contributed by atoms with Gasteiger partial charge in [-0.3, -0.25) is 0 Å². The molecule has 0 saturated heterocycles. The van der Waals surface area contributed by atoms with Crippen LogP contribution in [0.1, 0.15) is 104 Å². The Labute approximate surface area is 513 Å². The number of nitrogens with zero attached hydrogens (tertiary/aromatic N) is 2. The van der Waals surface area contributed by atoms with Crippen LogP contribution >= 0.6 is 0 Å². The van der Waals surface area contributed by atoms with E-state index >= 15 is 0 Å². The molecular formula is C85H72N2. The lowest BCUT2D eigenvalue weighted by molar-refractivity contribution is 0.444. The van der Waals surface area contributed by atoms with Crippen LogP contribution in [0.4, 0.5) is 17.1 Å². The van der Waals surface area contributed by atoms with E-state index in [0.29, 0.717) is 5.92 Å². The summed E-state index contributed by atoms with van der Waals surface area (Å²) in [6.07, 6.45) is 12.9. The second-order valence-corrected chi connectivity index (χ2v) is 24.3. The van der Waals surface area contributed by atoms with Crippen molar-refractivity contribution in [3.8, 4) is 61.3 Å². The van der Waals surface area contributed by atoms with Gasteiger partial charge in [0, 0.05) is 33.4 Å². The number of rotatable bonds is 16. The summed E-state index contributed by atoms with van der Waals surface area (Å²) in [4.78, 5) is 2.48. The molecule has 0 atom stereocenters. The summed E-state index contributed by atoms with van der Waals surface area (Å²) in [6.45, 7) is 2.30. The van der Waals surface area contributed by atoms with Gasteiger partial charge in [0.2, 0.25) is 0 Å². The lowest BCUT2D eigenvalue weighted by Gasteiger charge is -2.35. The molecule has 0 spiro atoms. The Morgan fingerprint density at radius 3 is 1.56 bits per heavy atom. The van der Waals surface area contributed by atoms with Crippen LogP contribution in [-0.2, 0) is 11.8 Å². The van der Waals surface area contributed by atoms with Gasteiger partial charge in [0.15, 0.2) is 0 Å². The monoisotopic (exact) mass is 1120 g/mol. The summed E-state index contributed by atoms with van der Waals surface area (Å²) in [7, 11) is 0. The van der Waals surface area contributed by atoms with Gasteiger partial charge in [-0.25, -0.2) is 0 Å². The van der Waals surface area contributed by atoms with Crippen LogP contribution in [0.15, 0.2) is 291 Å². The second kappa shape index (κ2) is 23.6. The molecule has 0 amide bonds. The highest BCUT2D eigenvalue weighted by Gasteiger charge is 2.46. The van der Waals surface area contributed by atoms with Crippen LogP contribution in [0.2, 0.25) is 0 Å². The minimum Gasteiger partial charge on any atom is -0.310 e. The third-order valence-corrected chi connectivity index (χ3v) is 19.2. The van der Waals surface area contributed by atoms with Crippen LogP contribution < -0.4 is 4.90 Å². The standard InChI is InChI=1S/C85H72N2/c1-2-3-4-10-23-60-36-53-83-78(56-60)79-58-69(62-26-13-6-14-27-62)46-55-84(79)87(83)73-49-43-66(44-50-73)64-39-37-63(38-40-64)65-41-47-72(48-42-65)86(82-54-45-68(61-24-11-5-12-25-61)57-77(82)67-28-15-7-16-29-67)74-51-52-76-75-34-21-22-35-80(75)85(81(76)59-74,70-30-17-8-18-31-70)71-32-19-9-20-33-71/h5,7-9,11-12,15-22,24-25,28-59,62H,2-4,6,10,13-14,23,26-27H2,1H3. The van der Waals surface area contributed by atoms with E-state index in [-0.39, 0.29) is 0 Å². The first kappa shape index (κ1) is 53.9. The fourth-order valence-corrected chi connectivity index (χ4v) is 14.8. The van der Waals surface area contributed by atoms with Crippen LogP contribution in [0.3, 0.4) is 0 Å². The Kier molecular flexibility index (Phi) is 14.6. The quantitative estimate of drug-likeness (QED) is 0.0876. The fourth-order valence-electron chi connectivity index (χ4n) is 14.8. The largest absolute Gasteiger partial charge is 0.310 e. The molecule has 0 unspecified atom stereocenters.